The van der Waals surface area contributed by atoms with Crippen molar-refractivity contribution < 1.29 is 18.8 Å². The molecule has 7 nitrogen and oxygen atoms in total. The summed E-state index contributed by atoms with van der Waals surface area (Å²) in [5.74, 6) is 1.96. The van der Waals surface area contributed by atoms with Gasteiger partial charge in [0.05, 0.1) is 19.1 Å². The molecule has 0 saturated carbocycles. The lowest BCUT2D eigenvalue weighted by Crippen LogP contribution is -2.36. The Kier molecular flexibility index (Phi) is 5.75. The summed E-state index contributed by atoms with van der Waals surface area (Å²) >= 11 is 1.41. The zero-order chi connectivity index (χ0) is 19.4. The minimum Gasteiger partial charge on any atom is -0.493 e. The molecule has 0 spiro atoms. The molecule has 1 amide bonds. The third-order valence-corrected chi connectivity index (χ3v) is 4.89. The topological polar surface area (TPSA) is 77.7 Å². The van der Waals surface area contributed by atoms with Crippen LogP contribution in [0.1, 0.15) is 29.4 Å². The summed E-state index contributed by atoms with van der Waals surface area (Å²) < 4.78 is 15.9. The fraction of sp³-hybridized carbons (Fsp3) is 0.316. The minimum absolute atomic E-state index is 0.00368. The molecule has 2 aromatic heterocycles. The Morgan fingerprint density at radius 2 is 2.00 bits per heavy atom. The maximum atomic E-state index is 12.7. The second kappa shape index (κ2) is 8.22. The quantitative estimate of drug-likeness (QED) is 0.612. The van der Waals surface area contributed by atoms with E-state index in [9.17, 15) is 4.79 Å². The number of carbonyl (C=O) groups is 1. The Morgan fingerprint density at radius 3 is 2.63 bits per heavy atom. The van der Waals surface area contributed by atoms with Crippen molar-refractivity contribution in [2.75, 3.05) is 14.2 Å². The van der Waals surface area contributed by atoms with E-state index in [2.05, 4.69) is 10.1 Å². The van der Waals surface area contributed by atoms with Crippen LogP contribution in [0.25, 0.3) is 11.4 Å². The molecule has 3 aromatic rings. The van der Waals surface area contributed by atoms with E-state index >= 15 is 0 Å². The van der Waals surface area contributed by atoms with E-state index in [4.69, 9.17) is 14.0 Å². The molecule has 27 heavy (non-hydrogen) atoms. The molecular weight excluding hydrogens is 366 g/mol. The smallest absolute Gasteiger partial charge is 0.264 e. The lowest BCUT2D eigenvalue weighted by atomic mass is 10.2. The summed E-state index contributed by atoms with van der Waals surface area (Å²) in [4.78, 5) is 19.5. The second-order valence-corrected chi connectivity index (χ2v) is 7.03. The van der Waals surface area contributed by atoms with Crippen molar-refractivity contribution >= 4 is 17.2 Å². The molecular formula is C19H21N3O4S. The molecule has 142 valence electrons. The SMILES string of the molecule is COc1ccc(-c2noc(CN(C(=O)c3cccs3)C(C)C)n2)cc1OC. The summed E-state index contributed by atoms with van der Waals surface area (Å²) in [6, 6.07) is 9.06. The monoisotopic (exact) mass is 387 g/mol. The van der Waals surface area contributed by atoms with Gasteiger partial charge in [-0.05, 0) is 43.5 Å². The maximum absolute atomic E-state index is 12.7. The van der Waals surface area contributed by atoms with Crippen molar-refractivity contribution in [3.8, 4) is 22.9 Å². The fourth-order valence-electron chi connectivity index (χ4n) is 2.59. The van der Waals surface area contributed by atoms with Gasteiger partial charge in [0.25, 0.3) is 5.91 Å². The molecule has 0 atom stereocenters. The van der Waals surface area contributed by atoms with E-state index in [1.807, 2.05) is 37.4 Å². The van der Waals surface area contributed by atoms with Crippen LogP contribution in [-0.2, 0) is 6.54 Å². The molecule has 0 bridgehead atoms. The number of carbonyl (C=O) groups excluding carboxylic acids is 1. The summed E-state index contributed by atoms with van der Waals surface area (Å²) in [7, 11) is 3.15. The van der Waals surface area contributed by atoms with Crippen molar-refractivity contribution in [2.24, 2.45) is 0 Å². The van der Waals surface area contributed by atoms with Gasteiger partial charge in [-0.1, -0.05) is 11.2 Å². The van der Waals surface area contributed by atoms with Crippen LogP contribution in [0.5, 0.6) is 11.5 Å². The Balaban J connectivity index is 1.81. The molecule has 0 unspecified atom stereocenters. The molecule has 0 N–H and O–H groups in total. The largest absolute Gasteiger partial charge is 0.493 e. The number of aromatic nitrogens is 2. The molecule has 0 radical (unpaired) electrons. The van der Waals surface area contributed by atoms with Crippen molar-refractivity contribution in [3.05, 3.63) is 46.5 Å². The first kappa shape index (κ1) is 18.9. The van der Waals surface area contributed by atoms with Crippen LogP contribution in [-0.4, -0.2) is 41.2 Å². The summed E-state index contributed by atoms with van der Waals surface area (Å²) in [5, 5.41) is 5.92. The highest BCUT2D eigenvalue weighted by molar-refractivity contribution is 7.12. The highest BCUT2D eigenvalue weighted by Gasteiger charge is 2.23. The van der Waals surface area contributed by atoms with E-state index in [1.165, 1.54) is 11.3 Å². The zero-order valence-corrected chi connectivity index (χ0v) is 16.4. The highest BCUT2D eigenvalue weighted by Crippen LogP contribution is 2.31. The van der Waals surface area contributed by atoms with Gasteiger partial charge in [0.1, 0.15) is 6.54 Å². The summed E-state index contributed by atoms with van der Waals surface area (Å²) in [5.41, 5.74) is 0.739. The molecule has 0 aliphatic rings. The first-order chi connectivity index (χ1) is 13.0. The molecule has 8 heteroatoms. The van der Waals surface area contributed by atoms with E-state index < -0.39 is 0 Å². The van der Waals surface area contributed by atoms with Crippen LogP contribution < -0.4 is 9.47 Å². The lowest BCUT2D eigenvalue weighted by Gasteiger charge is -2.24. The molecule has 0 aliphatic heterocycles. The predicted octanol–water partition coefficient (Wildman–Crippen LogP) is 3.87. The van der Waals surface area contributed by atoms with Gasteiger partial charge in [-0.25, -0.2) is 0 Å². The summed E-state index contributed by atoms with van der Waals surface area (Å²) in [6.07, 6.45) is 0. The van der Waals surface area contributed by atoms with Crippen LogP contribution in [0.3, 0.4) is 0 Å². The number of thiophene rings is 1. The first-order valence-electron chi connectivity index (χ1n) is 8.43. The van der Waals surface area contributed by atoms with Crippen LogP contribution in [0.2, 0.25) is 0 Å². The number of hydrogen-bond acceptors (Lipinski definition) is 7. The number of rotatable bonds is 7. The number of methoxy groups -OCH3 is 2. The highest BCUT2D eigenvalue weighted by atomic mass is 32.1. The third-order valence-electron chi connectivity index (χ3n) is 4.03. The van der Waals surface area contributed by atoms with Gasteiger partial charge < -0.3 is 18.9 Å². The van der Waals surface area contributed by atoms with Gasteiger partial charge in [-0.3, -0.25) is 4.79 Å². The Hall–Kier alpha value is -2.87. The van der Waals surface area contributed by atoms with Gasteiger partial charge in [0.2, 0.25) is 11.7 Å². The third kappa shape index (κ3) is 4.11. The molecule has 2 heterocycles. The number of hydrogen-bond donors (Lipinski definition) is 0. The molecule has 1 aromatic carbocycles. The molecule has 0 fully saturated rings. The number of amides is 1. The van der Waals surface area contributed by atoms with E-state index in [1.54, 1.807) is 31.3 Å². The Morgan fingerprint density at radius 1 is 1.22 bits per heavy atom. The molecule has 3 rings (SSSR count). The van der Waals surface area contributed by atoms with Crippen molar-refractivity contribution in [2.45, 2.75) is 26.4 Å². The van der Waals surface area contributed by atoms with Crippen LogP contribution in [0, 0.1) is 0 Å². The van der Waals surface area contributed by atoms with Crippen LogP contribution in [0.15, 0.2) is 40.2 Å². The van der Waals surface area contributed by atoms with E-state index in [-0.39, 0.29) is 18.5 Å². The zero-order valence-electron chi connectivity index (χ0n) is 15.6. The minimum atomic E-state index is -0.0501. The van der Waals surface area contributed by atoms with Crippen molar-refractivity contribution in [1.29, 1.82) is 0 Å². The van der Waals surface area contributed by atoms with Gasteiger partial charge in [0.15, 0.2) is 11.5 Å². The normalized spacial score (nSPS) is 10.9. The van der Waals surface area contributed by atoms with Gasteiger partial charge >= 0.3 is 0 Å². The van der Waals surface area contributed by atoms with Crippen molar-refractivity contribution in [3.63, 3.8) is 0 Å². The Labute approximate surface area is 161 Å². The second-order valence-electron chi connectivity index (χ2n) is 6.09. The Bertz CT molecular complexity index is 906. The fourth-order valence-corrected chi connectivity index (χ4v) is 3.27. The molecule has 0 aliphatic carbocycles. The van der Waals surface area contributed by atoms with Gasteiger partial charge in [-0.2, -0.15) is 4.98 Å². The average molecular weight is 387 g/mol. The maximum Gasteiger partial charge on any atom is 0.264 e. The number of ether oxygens (including phenoxy) is 2. The number of benzene rings is 1. The summed E-state index contributed by atoms with van der Waals surface area (Å²) in [6.45, 7) is 4.16. The predicted molar refractivity (Wildman–Crippen MR) is 102 cm³/mol. The van der Waals surface area contributed by atoms with Gasteiger partial charge in [-0.15, -0.1) is 11.3 Å². The standard InChI is InChI=1S/C19H21N3O4S/c1-12(2)22(19(23)16-6-5-9-27-16)11-17-20-18(21-26-17)13-7-8-14(24-3)15(10-13)25-4/h5-10,12H,11H2,1-4H3. The molecule has 0 saturated heterocycles. The van der Waals surface area contributed by atoms with Crippen LogP contribution in [0.4, 0.5) is 0 Å². The van der Waals surface area contributed by atoms with Gasteiger partial charge in [0, 0.05) is 11.6 Å². The first-order valence-corrected chi connectivity index (χ1v) is 9.31. The van der Waals surface area contributed by atoms with E-state index in [0.29, 0.717) is 28.1 Å². The van der Waals surface area contributed by atoms with Crippen molar-refractivity contribution in [1.82, 2.24) is 15.0 Å². The van der Waals surface area contributed by atoms with E-state index in [0.717, 1.165) is 5.56 Å². The average Bonchev–Trinajstić information content (AvgIpc) is 3.36. The van der Waals surface area contributed by atoms with Crippen LogP contribution >= 0.6 is 11.3 Å². The number of nitrogens with zero attached hydrogens (tertiary/aromatic N) is 3. The lowest BCUT2D eigenvalue weighted by molar-refractivity contribution is 0.0672.